The summed E-state index contributed by atoms with van der Waals surface area (Å²) in [5.74, 6) is 0.968. The average Bonchev–Trinajstić information content (AvgIpc) is 2.92. The van der Waals surface area contributed by atoms with Crippen molar-refractivity contribution in [2.45, 2.75) is 6.54 Å². The maximum Gasteiger partial charge on any atom is 0.193 e. The molecule has 0 unspecified atom stereocenters. The minimum Gasteiger partial charge on any atom is -0.370 e. The van der Waals surface area contributed by atoms with Gasteiger partial charge in [-0.15, -0.1) is 10.2 Å². The van der Waals surface area contributed by atoms with Crippen LogP contribution in [-0.4, -0.2) is 45.9 Å². The van der Waals surface area contributed by atoms with Crippen LogP contribution in [0, 0.1) is 0 Å². The van der Waals surface area contributed by atoms with Crippen LogP contribution in [0.15, 0.2) is 30.6 Å². The summed E-state index contributed by atoms with van der Waals surface area (Å²) in [4.78, 5) is 5.97. The van der Waals surface area contributed by atoms with Crippen LogP contribution in [0.4, 0.5) is 0 Å². The van der Waals surface area contributed by atoms with Crippen molar-refractivity contribution in [3.05, 3.63) is 36.4 Å². The quantitative estimate of drug-likeness (QED) is 0.694. The predicted octanol–water partition coefficient (Wildman–Crippen LogP) is -0.307. The van der Waals surface area contributed by atoms with E-state index in [1.165, 1.54) is 4.90 Å². The Bertz CT molecular complexity index is 747. The van der Waals surface area contributed by atoms with Gasteiger partial charge in [-0.05, 0) is 12.1 Å². The Morgan fingerprint density at radius 3 is 2.90 bits per heavy atom. The zero-order valence-corrected chi connectivity index (χ0v) is 11.1. The van der Waals surface area contributed by atoms with E-state index in [1.54, 1.807) is 0 Å². The van der Waals surface area contributed by atoms with Gasteiger partial charge in [-0.3, -0.25) is 4.40 Å². The lowest BCUT2D eigenvalue weighted by atomic mass is 10.2. The maximum atomic E-state index is 5.39. The fraction of sp³-hybridized carbons (Fsp3) is 0.357. The third kappa shape index (κ3) is 1.93. The Morgan fingerprint density at radius 1 is 1.15 bits per heavy atom. The van der Waals surface area contributed by atoms with Gasteiger partial charge in [0.25, 0.3) is 0 Å². The van der Waals surface area contributed by atoms with Crippen molar-refractivity contribution >= 4 is 16.6 Å². The highest BCUT2D eigenvalue weighted by atomic mass is 16.5. The molecule has 6 nitrogen and oxygen atoms in total. The summed E-state index contributed by atoms with van der Waals surface area (Å²) in [6, 6.07) is 8.03. The van der Waals surface area contributed by atoms with Crippen molar-refractivity contribution in [1.29, 1.82) is 0 Å². The molecule has 1 N–H and O–H groups in total. The van der Waals surface area contributed by atoms with Gasteiger partial charge in [0.05, 0.1) is 18.7 Å². The molecule has 0 bridgehead atoms. The molecular weight excluding hydrogens is 254 g/mol. The second kappa shape index (κ2) is 4.81. The van der Waals surface area contributed by atoms with E-state index in [0.29, 0.717) is 0 Å². The summed E-state index contributed by atoms with van der Waals surface area (Å²) in [5.41, 5.74) is 1.84. The van der Waals surface area contributed by atoms with Crippen molar-refractivity contribution in [3.63, 3.8) is 0 Å². The molecule has 1 aromatic carbocycles. The van der Waals surface area contributed by atoms with Crippen molar-refractivity contribution in [2.24, 2.45) is 0 Å². The second-order valence-corrected chi connectivity index (χ2v) is 5.11. The molecule has 1 saturated heterocycles. The summed E-state index contributed by atoms with van der Waals surface area (Å²) in [5, 5.41) is 9.74. The third-order valence-electron chi connectivity index (χ3n) is 3.83. The Labute approximate surface area is 116 Å². The Hall–Kier alpha value is -2.05. The van der Waals surface area contributed by atoms with Crippen LogP contribution in [0.1, 0.15) is 5.82 Å². The van der Waals surface area contributed by atoms with Gasteiger partial charge in [-0.1, -0.05) is 12.1 Å². The predicted molar refractivity (Wildman–Crippen MR) is 73.5 cm³/mol. The van der Waals surface area contributed by atoms with E-state index in [-0.39, 0.29) is 0 Å². The van der Waals surface area contributed by atoms with E-state index in [9.17, 15) is 0 Å². The first-order chi connectivity index (χ1) is 9.92. The highest BCUT2D eigenvalue weighted by molar-refractivity contribution is 5.90. The van der Waals surface area contributed by atoms with Crippen LogP contribution in [0.25, 0.3) is 16.6 Å². The molecule has 1 aliphatic rings. The normalized spacial score (nSPS) is 17.0. The smallest absolute Gasteiger partial charge is 0.193 e. The standard InChI is InChI=1S/C14H15N5O/c1-2-4-12-11(3-1)14-17-16-13(19(14)10-15-12)9-18-5-7-20-8-6-18/h1-4,10H,5-9H2/p+1. The van der Waals surface area contributed by atoms with Gasteiger partial charge in [-0.2, -0.15) is 0 Å². The Kier molecular flexibility index (Phi) is 2.82. The van der Waals surface area contributed by atoms with Crippen molar-refractivity contribution < 1.29 is 9.64 Å². The lowest BCUT2D eigenvalue weighted by Gasteiger charge is -2.22. The number of nitrogens with one attached hydrogen (secondary N) is 1. The minimum absolute atomic E-state index is 0.827. The average molecular weight is 270 g/mol. The highest BCUT2D eigenvalue weighted by Crippen LogP contribution is 2.16. The molecule has 0 spiro atoms. The molecule has 20 heavy (non-hydrogen) atoms. The van der Waals surface area contributed by atoms with Gasteiger partial charge < -0.3 is 9.64 Å². The second-order valence-electron chi connectivity index (χ2n) is 5.11. The maximum absolute atomic E-state index is 5.39. The van der Waals surface area contributed by atoms with Gasteiger partial charge in [-0.25, -0.2) is 4.98 Å². The monoisotopic (exact) mass is 270 g/mol. The number of nitrogens with zero attached hydrogens (tertiary/aromatic N) is 4. The molecule has 0 aliphatic carbocycles. The Balaban J connectivity index is 1.75. The van der Waals surface area contributed by atoms with E-state index in [1.807, 2.05) is 35.0 Å². The molecule has 2 aromatic heterocycles. The summed E-state index contributed by atoms with van der Waals surface area (Å²) >= 11 is 0. The molecule has 0 saturated carbocycles. The SMILES string of the molecule is c1ccc2c(c1)ncn1c(C[NH+]3CCOCC3)nnc21. The van der Waals surface area contributed by atoms with Crippen LogP contribution in [0.3, 0.4) is 0 Å². The molecule has 102 valence electrons. The summed E-state index contributed by atoms with van der Waals surface area (Å²) in [7, 11) is 0. The van der Waals surface area contributed by atoms with Crippen molar-refractivity contribution in [1.82, 2.24) is 19.6 Å². The highest BCUT2D eigenvalue weighted by Gasteiger charge is 2.18. The summed E-state index contributed by atoms with van der Waals surface area (Å²) in [6.07, 6.45) is 1.83. The van der Waals surface area contributed by atoms with E-state index in [2.05, 4.69) is 15.2 Å². The number of benzene rings is 1. The van der Waals surface area contributed by atoms with Crippen LogP contribution in [0.5, 0.6) is 0 Å². The molecule has 3 aromatic rings. The van der Waals surface area contributed by atoms with Crippen molar-refractivity contribution in [2.75, 3.05) is 26.3 Å². The molecule has 0 amide bonds. The topological polar surface area (TPSA) is 56.8 Å². The fourth-order valence-corrected chi connectivity index (χ4v) is 2.70. The first-order valence-electron chi connectivity index (χ1n) is 6.90. The zero-order valence-electron chi connectivity index (χ0n) is 11.1. The van der Waals surface area contributed by atoms with Crippen LogP contribution < -0.4 is 4.90 Å². The molecule has 4 rings (SSSR count). The largest absolute Gasteiger partial charge is 0.370 e. The molecule has 1 aliphatic heterocycles. The van der Waals surface area contributed by atoms with E-state index in [4.69, 9.17) is 4.74 Å². The van der Waals surface area contributed by atoms with E-state index in [0.717, 1.165) is 55.2 Å². The number of fused-ring (bicyclic) bond motifs is 3. The molecule has 6 heteroatoms. The number of quaternary nitrogens is 1. The Morgan fingerprint density at radius 2 is 2.00 bits per heavy atom. The van der Waals surface area contributed by atoms with Crippen molar-refractivity contribution in [3.8, 4) is 0 Å². The number of ether oxygens (including phenoxy) is 1. The summed E-state index contributed by atoms with van der Waals surface area (Å²) < 4.78 is 7.39. The minimum atomic E-state index is 0.827. The lowest BCUT2D eigenvalue weighted by molar-refractivity contribution is -0.922. The molecule has 1 fully saturated rings. The third-order valence-corrected chi connectivity index (χ3v) is 3.83. The number of morpholine rings is 1. The number of rotatable bonds is 2. The molecule has 0 atom stereocenters. The van der Waals surface area contributed by atoms with Crippen LogP contribution in [-0.2, 0) is 11.3 Å². The first-order valence-corrected chi connectivity index (χ1v) is 6.90. The number of hydrogen-bond acceptors (Lipinski definition) is 4. The molecule has 3 heterocycles. The van der Waals surface area contributed by atoms with Gasteiger partial charge in [0.1, 0.15) is 26.0 Å². The molecular formula is C14H16N5O+. The van der Waals surface area contributed by atoms with Gasteiger partial charge in [0.15, 0.2) is 11.5 Å². The zero-order chi connectivity index (χ0) is 13.4. The van der Waals surface area contributed by atoms with Gasteiger partial charge in [0.2, 0.25) is 0 Å². The first kappa shape index (κ1) is 11.7. The fourth-order valence-electron chi connectivity index (χ4n) is 2.70. The van der Waals surface area contributed by atoms with Crippen LogP contribution in [0.2, 0.25) is 0 Å². The van der Waals surface area contributed by atoms with E-state index >= 15 is 0 Å². The van der Waals surface area contributed by atoms with Gasteiger partial charge >= 0.3 is 0 Å². The van der Waals surface area contributed by atoms with E-state index < -0.39 is 0 Å². The number of aromatic nitrogens is 4. The summed E-state index contributed by atoms with van der Waals surface area (Å²) in [6.45, 7) is 4.57. The number of para-hydroxylation sites is 1. The number of hydrogen-bond donors (Lipinski definition) is 1. The van der Waals surface area contributed by atoms with Crippen LogP contribution >= 0.6 is 0 Å². The lowest BCUT2D eigenvalue weighted by Crippen LogP contribution is -3.12. The molecule has 0 radical (unpaired) electrons. The van der Waals surface area contributed by atoms with Gasteiger partial charge in [0, 0.05) is 5.39 Å².